The fourth-order valence-electron chi connectivity index (χ4n) is 3.17. The Morgan fingerprint density at radius 1 is 1.03 bits per heavy atom. The van der Waals surface area contributed by atoms with Crippen molar-refractivity contribution >= 4 is 32.7 Å². The van der Waals surface area contributed by atoms with Crippen molar-refractivity contribution in [2.75, 3.05) is 19.4 Å². The van der Waals surface area contributed by atoms with E-state index in [0.29, 0.717) is 28.0 Å². The predicted molar refractivity (Wildman–Crippen MR) is 117 cm³/mol. The van der Waals surface area contributed by atoms with E-state index >= 15 is 0 Å². The van der Waals surface area contributed by atoms with Crippen molar-refractivity contribution in [1.29, 1.82) is 0 Å². The molecule has 0 spiro atoms. The number of carbonyl (C=O) groups excluding carboxylic acids is 1. The molecule has 1 amide bonds. The van der Waals surface area contributed by atoms with Gasteiger partial charge in [0.05, 0.1) is 27.2 Å². The van der Waals surface area contributed by atoms with Crippen LogP contribution in [0, 0.1) is 6.92 Å². The maximum atomic E-state index is 13.2. The topological polar surface area (TPSA) is 105 Å². The second-order valence-corrected chi connectivity index (χ2v) is 9.29. The largest absolute Gasteiger partial charge is 0.335 e. The first-order valence-electron chi connectivity index (χ1n) is 9.44. The summed E-state index contributed by atoms with van der Waals surface area (Å²) in [6.45, 7) is 1.73. The molecule has 0 bridgehead atoms. The summed E-state index contributed by atoms with van der Waals surface area (Å²) in [5.41, 5.74) is 2.88. The van der Waals surface area contributed by atoms with Crippen LogP contribution in [0.2, 0.25) is 0 Å². The lowest BCUT2D eigenvalue weighted by Crippen LogP contribution is -2.22. The second kappa shape index (κ2) is 7.93. The molecule has 0 saturated carbocycles. The molecule has 4 rings (SSSR count). The smallest absolute Gasteiger partial charge is 0.259 e. The van der Waals surface area contributed by atoms with E-state index in [1.165, 1.54) is 26.2 Å². The minimum absolute atomic E-state index is 0.0845. The van der Waals surface area contributed by atoms with Crippen molar-refractivity contribution in [2.45, 2.75) is 11.8 Å². The number of pyridine rings is 1. The van der Waals surface area contributed by atoms with Crippen molar-refractivity contribution in [3.63, 3.8) is 0 Å². The molecular formula is C22H20N4O4S. The normalized spacial score (nSPS) is 11.7. The number of aryl methyl sites for hydroxylation is 1. The highest BCUT2D eigenvalue weighted by molar-refractivity contribution is 7.89. The number of nitrogens with one attached hydrogen (secondary N) is 1. The van der Waals surface area contributed by atoms with Gasteiger partial charge in [-0.05, 0) is 31.2 Å². The first kappa shape index (κ1) is 20.7. The summed E-state index contributed by atoms with van der Waals surface area (Å²) in [4.78, 5) is 17.8. The number of hydrogen-bond acceptors (Lipinski definition) is 6. The number of sulfonamides is 1. The van der Waals surface area contributed by atoms with Gasteiger partial charge in [-0.1, -0.05) is 41.6 Å². The van der Waals surface area contributed by atoms with Crippen LogP contribution in [-0.4, -0.2) is 42.9 Å². The Hall–Kier alpha value is -3.56. The molecule has 1 N–H and O–H groups in total. The number of carbonyl (C=O) groups is 1. The summed E-state index contributed by atoms with van der Waals surface area (Å²) in [7, 11) is -0.723. The van der Waals surface area contributed by atoms with Gasteiger partial charge in [-0.25, -0.2) is 17.7 Å². The van der Waals surface area contributed by atoms with Crippen molar-refractivity contribution in [1.82, 2.24) is 14.4 Å². The van der Waals surface area contributed by atoms with Gasteiger partial charge < -0.3 is 9.84 Å². The van der Waals surface area contributed by atoms with Gasteiger partial charge in [-0.15, -0.1) is 0 Å². The van der Waals surface area contributed by atoms with Gasteiger partial charge in [0.15, 0.2) is 0 Å². The summed E-state index contributed by atoms with van der Waals surface area (Å²) in [5.74, 6) is -0.421. The number of rotatable bonds is 5. The number of amides is 1. The summed E-state index contributed by atoms with van der Waals surface area (Å²) >= 11 is 0. The third-order valence-electron chi connectivity index (χ3n) is 4.80. The molecule has 31 heavy (non-hydrogen) atoms. The molecule has 0 aliphatic rings. The molecule has 0 atom stereocenters. The molecule has 158 valence electrons. The highest BCUT2D eigenvalue weighted by Gasteiger charge is 2.21. The van der Waals surface area contributed by atoms with Gasteiger partial charge in [0.2, 0.25) is 10.0 Å². The molecule has 4 aromatic rings. The lowest BCUT2D eigenvalue weighted by atomic mass is 10.1. The van der Waals surface area contributed by atoms with Gasteiger partial charge in [0.1, 0.15) is 0 Å². The monoisotopic (exact) mass is 436 g/mol. The molecule has 2 aromatic heterocycles. The Morgan fingerprint density at radius 2 is 1.77 bits per heavy atom. The number of aromatic nitrogens is 2. The molecule has 0 radical (unpaired) electrons. The summed E-state index contributed by atoms with van der Waals surface area (Å²) in [5, 5.41) is 7.23. The highest BCUT2D eigenvalue weighted by Crippen LogP contribution is 2.28. The van der Waals surface area contributed by atoms with Gasteiger partial charge in [-0.3, -0.25) is 4.79 Å². The van der Waals surface area contributed by atoms with Crippen molar-refractivity contribution in [2.24, 2.45) is 0 Å². The second-order valence-electron chi connectivity index (χ2n) is 7.14. The summed E-state index contributed by atoms with van der Waals surface area (Å²) < 4.78 is 31.3. The zero-order valence-electron chi connectivity index (χ0n) is 17.2. The van der Waals surface area contributed by atoms with E-state index in [2.05, 4.69) is 15.5 Å². The zero-order valence-corrected chi connectivity index (χ0v) is 18.0. The summed E-state index contributed by atoms with van der Waals surface area (Å²) in [6.07, 6.45) is 0. The number of benzene rings is 2. The molecule has 0 unspecified atom stereocenters. The van der Waals surface area contributed by atoms with Crippen molar-refractivity contribution < 1.29 is 17.7 Å². The first-order chi connectivity index (χ1) is 14.8. The Kier molecular flexibility index (Phi) is 5.30. The van der Waals surface area contributed by atoms with Crippen LogP contribution < -0.4 is 5.32 Å². The lowest BCUT2D eigenvalue weighted by Gasteiger charge is -2.13. The predicted octanol–water partition coefficient (Wildman–Crippen LogP) is 3.70. The zero-order chi connectivity index (χ0) is 22.2. The Bertz CT molecular complexity index is 1380. The number of hydrogen-bond donors (Lipinski definition) is 1. The third kappa shape index (κ3) is 3.92. The van der Waals surface area contributed by atoms with Crippen LogP contribution in [-0.2, 0) is 10.0 Å². The van der Waals surface area contributed by atoms with E-state index < -0.39 is 15.9 Å². The minimum atomic E-state index is -3.63. The van der Waals surface area contributed by atoms with Gasteiger partial charge in [0, 0.05) is 25.3 Å². The lowest BCUT2D eigenvalue weighted by molar-refractivity contribution is 0.102. The van der Waals surface area contributed by atoms with E-state index in [1.807, 2.05) is 30.3 Å². The average Bonchev–Trinajstić information content (AvgIpc) is 3.14. The standard InChI is InChI=1S/C22H20N4O4S/c1-14-20-18(13-19(24-22(20)30-25-14)15-8-5-4-6-9-15)21(27)23-16-10-7-11-17(12-16)31(28,29)26(2)3/h4-13H,1-3H3,(H,23,27). The van der Waals surface area contributed by atoms with Gasteiger partial charge in [-0.2, -0.15) is 0 Å². The molecule has 2 aromatic carbocycles. The maximum Gasteiger partial charge on any atom is 0.259 e. The van der Waals surface area contributed by atoms with Crippen molar-refractivity contribution in [3.05, 3.63) is 71.9 Å². The Balaban J connectivity index is 1.76. The van der Waals surface area contributed by atoms with Crippen LogP contribution in [0.5, 0.6) is 0 Å². The molecule has 0 aliphatic carbocycles. The van der Waals surface area contributed by atoms with Crippen LogP contribution in [0.25, 0.3) is 22.4 Å². The van der Waals surface area contributed by atoms with Crippen LogP contribution in [0.15, 0.2) is 70.1 Å². The molecular weight excluding hydrogens is 416 g/mol. The van der Waals surface area contributed by atoms with E-state index in [-0.39, 0.29) is 10.6 Å². The third-order valence-corrected chi connectivity index (χ3v) is 6.61. The van der Waals surface area contributed by atoms with E-state index in [9.17, 15) is 13.2 Å². The molecule has 0 fully saturated rings. The fraction of sp³-hybridized carbons (Fsp3) is 0.136. The molecule has 0 aliphatic heterocycles. The van der Waals surface area contributed by atoms with Crippen LogP contribution in [0.4, 0.5) is 5.69 Å². The minimum Gasteiger partial charge on any atom is -0.335 e. The average molecular weight is 436 g/mol. The Labute approximate surface area is 179 Å². The van der Waals surface area contributed by atoms with Gasteiger partial charge >= 0.3 is 0 Å². The van der Waals surface area contributed by atoms with Gasteiger partial charge in [0.25, 0.3) is 11.6 Å². The highest BCUT2D eigenvalue weighted by atomic mass is 32.2. The van der Waals surface area contributed by atoms with Crippen LogP contribution >= 0.6 is 0 Å². The molecule has 9 heteroatoms. The number of fused-ring (bicyclic) bond motifs is 1. The molecule has 2 heterocycles. The van der Waals surface area contributed by atoms with Crippen LogP contribution in [0.1, 0.15) is 16.1 Å². The maximum absolute atomic E-state index is 13.2. The van der Waals surface area contributed by atoms with E-state index in [0.717, 1.165) is 9.87 Å². The van der Waals surface area contributed by atoms with E-state index in [4.69, 9.17) is 4.52 Å². The quantitative estimate of drug-likeness (QED) is 0.511. The SMILES string of the molecule is Cc1noc2nc(-c3ccccc3)cc(C(=O)Nc3cccc(S(=O)(=O)N(C)C)c3)c12. The van der Waals surface area contributed by atoms with Crippen LogP contribution in [0.3, 0.4) is 0 Å². The number of anilines is 1. The molecule has 0 saturated heterocycles. The first-order valence-corrected chi connectivity index (χ1v) is 10.9. The molecule has 8 nitrogen and oxygen atoms in total. The number of nitrogens with zero attached hydrogens (tertiary/aromatic N) is 3. The summed E-state index contributed by atoms with van der Waals surface area (Å²) in [6, 6.07) is 17.2. The van der Waals surface area contributed by atoms with E-state index in [1.54, 1.807) is 25.1 Å². The fourth-order valence-corrected chi connectivity index (χ4v) is 4.12. The Morgan fingerprint density at radius 3 is 2.48 bits per heavy atom. The van der Waals surface area contributed by atoms with Crippen molar-refractivity contribution in [3.8, 4) is 11.3 Å².